The lowest BCUT2D eigenvalue weighted by Gasteiger charge is -2.11. The summed E-state index contributed by atoms with van der Waals surface area (Å²) >= 11 is 1.20. The molecule has 1 aliphatic rings. The molecule has 8 heteroatoms. The molecule has 0 atom stereocenters. The maximum Gasteiger partial charge on any atom is 0.207 e. The van der Waals surface area contributed by atoms with Gasteiger partial charge in [-0.15, -0.1) is 11.3 Å². The first kappa shape index (κ1) is 26.6. The number of phenols is 2. The molecule has 0 unspecified atom stereocenters. The van der Waals surface area contributed by atoms with E-state index in [4.69, 9.17) is 4.74 Å². The number of ether oxygens (including phenoxy) is 1. The predicted molar refractivity (Wildman–Crippen MR) is 143 cm³/mol. The molecule has 37 heavy (non-hydrogen) atoms. The number of rotatable bonds is 7. The molecule has 1 fully saturated rings. The Kier molecular flexibility index (Phi) is 8.74. The average Bonchev–Trinajstić information content (AvgIpc) is 3.52. The van der Waals surface area contributed by atoms with Crippen molar-refractivity contribution in [2.45, 2.75) is 26.2 Å². The fraction of sp³-hybridized carbons (Fsp3) is 0.276. The molecule has 2 N–H and O–H groups in total. The fourth-order valence-corrected chi connectivity index (χ4v) is 5.36. The Hall–Kier alpha value is -3.49. The molecule has 1 aliphatic heterocycles. The lowest BCUT2D eigenvalue weighted by Crippen LogP contribution is -2.20. The van der Waals surface area contributed by atoms with Crippen LogP contribution in [0.2, 0.25) is 0 Å². The largest absolute Gasteiger partial charge is 0.508 e. The summed E-state index contributed by atoms with van der Waals surface area (Å²) in [6, 6.07) is 15.0. The summed E-state index contributed by atoms with van der Waals surface area (Å²) in [5.74, 6) is 0.310. The minimum absolute atomic E-state index is 0.0851. The third-order valence-electron chi connectivity index (χ3n) is 6.13. The summed E-state index contributed by atoms with van der Waals surface area (Å²) in [5, 5.41) is 19.9. The average molecular weight is 526 g/mol. The summed E-state index contributed by atoms with van der Waals surface area (Å²) in [6.07, 6.45) is 3.35. The molecule has 5 rings (SSSR count). The van der Waals surface area contributed by atoms with Crippen LogP contribution < -0.4 is 4.74 Å². The molecule has 0 spiro atoms. The first-order chi connectivity index (χ1) is 17.9. The highest BCUT2D eigenvalue weighted by molar-refractivity contribution is 7.21. The van der Waals surface area contributed by atoms with Crippen molar-refractivity contribution in [1.82, 2.24) is 4.90 Å². The summed E-state index contributed by atoms with van der Waals surface area (Å²) < 4.78 is 31.7. The van der Waals surface area contributed by atoms with Crippen LogP contribution in [0.4, 0.5) is 8.78 Å². The number of hydrogen-bond acceptors (Lipinski definition) is 6. The molecule has 2 heterocycles. The summed E-state index contributed by atoms with van der Waals surface area (Å²) in [4.78, 5) is 15.9. The van der Waals surface area contributed by atoms with Gasteiger partial charge in [0.25, 0.3) is 0 Å². The van der Waals surface area contributed by atoms with Gasteiger partial charge in [-0.3, -0.25) is 9.18 Å². The van der Waals surface area contributed by atoms with Crippen molar-refractivity contribution in [2.24, 2.45) is 0 Å². The van der Waals surface area contributed by atoms with Crippen molar-refractivity contribution in [1.29, 1.82) is 0 Å². The van der Waals surface area contributed by atoms with Crippen molar-refractivity contribution < 1.29 is 28.5 Å². The molecule has 3 aromatic carbocycles. The highest BCUT2D eigenvalue weighted by Gasteiger charge is 2.23. The highest BCUT2D eigenvalue weighted by Crippen LogP contribution is 2.43. The van der Waals surface area contributed by atoms with Crippen LogP contribution in [0.25, 0.3) is 10.1 Å². The summed E-state index contributed by atoms with van der Waals surface area (Å²) in [7, 11) is 0. The first-order valence-electron chi connectivity index (χ1n) is 12.2. The number of ketones is 1. The number of aryl methyl sites for hydroxylation is 1. The van der Waals surface area contributed by atoms with Gasteiger partial charge >= 0.3 is 0 Å². The number of carbonyl (C=O) groups is 1. The van der Waals surface area contributed by atoms with Crippen molar-refractivity contribution in [2.75, 3.05) is 26.3 Å². The summed E-state index contributed by atoms with van der Waals surface area (Å²) in [6.45, 7) is 4.88. The number of carbonyl (C=O) groups excluding carboxylic acids is 1. The van der Waals surface area contributed by atoms with Gasteiger partial charge in [0.15, 0.2) is 5.75 Å². The number of nitrogens with zero attached hydrogens (tertiary/aromatic N) is 1. The summed E-state index contributed by atoms with van der Waals surface area (Å²) in [5.41, 5.74) is 0.911. The van der Waals surface area contributed by atoms with E-state index in [9.17, 15) is 23.8 Å². The number of hydrogen-bond donors (Lipinski definition) is 2. The van der Waals surface area contributed by atoms with Crippen LogP contribution in [-0.4, -0.2) is 47.2 Å². The number of phenolic OH excluding ortho intramolecular Hbond substituents is 2. The van der Waals surface area contributed by atoms with Gasteiger partial charge in [-0.25, -0.2) is 4.39 Å². The van der Waals surface area contributed by atoms with Gasteiger partial charge in [0.1, 0.15) is 27.9 Å². The van der Waals surface area contributed by atoms with E-state index in [1.807, 2.05) is 0 Å². The molecular weight excluding hydrogens is 496 g/mol. The van der Waals surface area contributed by atoms with E-state index in [2.05, 4.69) is 4.90 Å². The number of fused-ring (bicyclic) bond motifs is 1. The van der Waals surface area contributed by atoms with Crippen molar-refractivity contribution in [3.05, 3.63) is 82.5 Å². The Labute approximate surface area is 218 Å². The smallest absolute Gasteiger partial charge is 0.207 e. The van der Waals surface area contributed by atoms with Crippen molar-refractivity contribution in [3.8, 4) is 23.0 Å². The molecule has 5 nitrogen and oxygen atoms in total. The van der Waals surface area contributed by atoms with E-state index in [1.165, 1.54) is 73.7 Å². The monoisotopic (exact) mass is 525 g/mol. The van der Waals surface area contributed by atoms with Gasteiger partial charge in [-0.05, 0) is 106 Å². The molecule has 194 valence electrons. The number of likely N-dealkylation sites (tertiary alicyclic amines) is 1. The molecule has 0 radical (unpaired) electrons. The Morgan fingerprint density at radius 3 is 2.38 bits per heavy atom. The standard InChI is InChI=1S/C22H15FO4S.C7H14FN/c1-12-10-13(23)2-8-17(12)20(26)22-21(27-16-6-3-14(24)4-7-16)18-9-5-15(25)11-19(18)28-22;8-4-3-7-9-5-1-2-6-9/h2-11,24-25H,1H3;1-7H2. The van der Waals surface area contributed by atoms with E-state index in [0.29, 0.717) is 37.6 Å². The maximum atomic E-state index is 13.4. The van der Waals surface area contributed by atoms with Crippen LogP contribution in [0.5, 0.6) is 23.0 Å². The lowest BCUT2D eigenvalue weighted by molar-refractivity contribution is 0.104. The molecule has 1 saturated heterocycles. The quantitative estimate of drug-likeness (QED) is 0.249. The molecule has 0 bridgehead atoms. The van der Waals surface area contributed by atoms with Gasteiger partial charge in [-0.1, -0.05) is 0 Å². The Bertz CT molecular complexity index is 1360. The van der Waals surface area contributed by atoms with Crippen LogP contribution in [0.3, 0.4) is 0 Å². The molecular formula is C29H29F2NO4S. The Morgan fingerprint density at radius 1 is 1.00 bits per heavy atom. The minimum atomic E-state index is -0.407. The normalized spacial score (nSPS) is 13.4. The van der Waals surface area contributed by atoms with E-state index in [0.717, 1.165) is 13.0 Å². The van der Waals surface area contributed by atoms with Gasteiger partial charge < -0.3 is 19.8 Å². The fourth-order valence-electron chi connectivity index (χ4n) is 4.24. The van der Waals surface area contributed by atoms with E-state index < -0.39 is 5.82 Å². The van der Waals surface area contributed by atoms with Gasteiger partial charge in [0.2, 0.25) is 5.78 Å². The second-order valence-electron chi connectivity index (χ2n) is 8.92. The zero-order valence-corrected chi connectivity index (χ0v) is 21.4. The van der Waals surface area contributed by atoms with Crippen LogP contribution in [0, 0.1) is 12.7 Å². The zero-order chi connectivity index (χ0) is 26.4. The van der Waals surface area contributed by atoms with E-state index >= 15 is 0 Å². The number of benzene rings is 3. The minimum Gasteiger partial charge on any atom is -0.508 e. The SMILES string of the molecule is Cc1cc(F)ccc1C(=O)c1sc2cc(O)ccc2c1Oc1ccc(O)cc1.FCCCN1CCCC1. The maximum absolute atomic E-state index is 13.4. The topological polar surface area (TPSA) is 70.0 Å². The van der Waals surface area contributed by atoms with Crippen LogP contribution in [0.1, 0.15) is 40.1 Å². The highest BCUT2D eigenvalue weighted by atomic mass is 32.1. The molecule has 0 amide bonds. The third-order valence-corrected chi connectivity index (χ3v) is 7.26. The first-order valence-corrected chi connectivity index (χ1v) is 13.0. The van der Waals surface area contributed by atoms with Crippen LogP contribution >= 0.6 is 11.3 Å². The van der Waals surface area contributed by atoms with Gasteiger partial charge in [-0.2, -0.15) is 0 Å². The van der Waals surface area contributed by atoms with E-state index in [1.54, 1.807) is 31.2 Å². The molecule has 1 aromatic heterocycles. The van der Waals surface area contributed by atoms with Crippen molar-refractivity contribution in [3.63, 3.8) is 0 Å². The third kappa shape index (κ3) is 6.64. The van der Waals surface area contributed by atoms with Crippen LogP contribution in [-0.2, 0) is 0 Å². The number of halogens is 2. The predicted octanol–water partition coefficient (Wildman–Crippen LogP) is 7.23. The van der Waals surface area contributed by atoms with Gasteiger partial charge in [0, 0.05) is 22.2 Å². The van der Waals surface area contributed by atoms with Crippen LogP contribution in [0.15, 0.2) is 60.7 Å². The second kappa shape index (κ2) is 12.2. The van der Waals surface area contributed by atoms with Gasteiger partial charge in [0.05, 0.1) is 6.67 Å². The Morgan fingerprint density at radius 2 is 1.70 bits per heavy atom. The van der Waals surface area contributed by atoms with E-state index in [-0.39, 0.29) is 24.0 Å². The van der Waals surface area contributed by atoms with Crippen molar-refractivity contribution >= 4 is 27.2 Å². The second-order valence-corrected chi connectivity index (χ2v) is 9.97. The number of alkyl halides is 1. The lowest BCUT2D eigenvalue weighted by atomic mass is 10.0. The molecule has 4 aromatic rings. The Balaban J connectivity index is 0.000000301. The zero-order valence-electron chi connectivity index (χ0n) is 20.5. The molecule has 0 aliphatic carbocycles. The number of thiophene rings is 1. The molecule has 0 saturated carbocycles. The number of aromatic hydroxyl groups is 2.